The van der Waals surface area contributed by atoms with Crippen molar-refractivity contribution < 1.29 is 9.59 Å². The van der Waals surface area contributed by atoms with E-state index in [-0.39, 0.29) is 24.3 Å². The largest absolute Gasteiger partial charge is 0.305 e. The molecule has 0 aliphatic carbocycles. The first-order valence-electron chi connectivity index (χ1n) is 6.10. The highest BCUT2D eigenvalue weighted by Gasteiger charge is 2.36. The van der Waals surface area contributed by atoms with Gasteiger partial charge in [-0.2, -0.15) is 0 Å². The number of likely N-dealkylation sites (N-methyl/N-ethyl adjacent to an activating group) is 1. The third kappa shape index (κ3) is 2.76. The van der Waals surface area contributed by atoms with Crippen molar-refractivity contribution in [2.45, 2.75) is 32.7 Å². The summed E-state index contributed by atoms with van der Waals surface area (Å²) in [6, 6.07) is -0.349. The highest BCUT2D eigenvalue weighted by Crippen LogP contribution is 2.13. The first-order valence-corrected chi connectivity index (χ1v) is 6.98. The minimum atomic E-state index is -0.349. The van der Waals surface area contributed by atoms with Crippen LogP contribution < -0.4 is 5.32 Å². The van der Waals surface area contributed by atoms with Crippen molar-refractivity contribution in [3.63, 3.8) is 0 Å². The Morgan fingerprint density at radius 1 is 1.56 bits per heavy atom. The van der Waals surface area contributed by atoms with Gasteiger partial charge in [-0.05, 0) is 13.8 Å². The lowest BCUT2D eigenvalue weighted by atomic mass is 10.2. The fourth-order valence-electron chi connectivity index (χ4n) is 2.05. The topological polar surface area (TPSA) is 62.3 Å². The zero-order chi connectivity index (χ0) is 13.1. The van der Waals surface area contributed by atoms with Crippen LogP contribution in [0, 0.1) is 6.92 Å². The predicted molar refractivity (Wildman–Crippen MR) is 69.4 cm³/mol. The lowest BCUT2D eigenvalue weighted by molar-refractivity contribution is -0.138. The van der Waals surface area contributed by atoms with Gasteiger partial charge in [-0.1, -0.05) is 0 Å². The molecular formula is C12H17N3O2S. The summed E-state index contributed by atoms with van der Waals surface area (Å²) in [6.45, 7) is 4.91. The number of carbonyl (C=O) groups excluding carboxylic acids is 2. The molecule has 0 saturated carbocycles. The molecule has 1 saturated heterocycles. The fraction of sp³-hybridized carbons (Fsp3) is 0.583. The molecular weight excluding hydrogens is 250 g/mol. The second-order valence-corrected chi connectivity index (χ2v) is 5.26. The zero-order valence-electron chi connectivity index (χ0n) is 10.6. The summed E-state index contributed by atoms with van der Waals surface area (Å²) < 4.78 is 0. The van der Waals surface area contributed by atoms with Gasteiger partial charge < -0.3 is 5.32 Å². The molecule has 1 aromatic rings. The van der Waals surface area contributed by atoms with Crippen molar-refractivity contribution in [3.8, 4) is 0 Å². The number of thiazole rings is 1. The van der Waals surface area contributed by atoms with Crippen molar-refractivity contribution in [1.82, 2.24) is 15.2 Å². The van der Waals surface area contributed by atoms with E-state index in [0.717, 1.165) is 17.1 Å². The van der Waals surface area contributed by atoms with Crippen molar-refractivity contribution in [1.29, 1.82) is 0 Å². The van der Waals surface area contributed by atoms with Crippen LogP contribution in [0.5, 0.6) is 0 Å². The predicted octanol–water partition coefficient (Wildman–Crippen LogP) is 0.731. The zero-order valence-corrected chi connectivity index (χ0v) is 11.4. The number of rotatable bonds is 5. The van der Waals surface area contributed by atoms with Crippen LogP contribution in [0.2, 0.25) is 0 Å². The van der Waals surface area contributed by atoms with E-state index in [9.17, 15) is 9.59 Å². The van der Waals surface area contributed by atoms with Gasteiger partial charge in [-0.25, -0.2) is 4.98 Å². The summed E-state index contributed by atoms with van der Waals surface area (Å²) in [7, 11) is 0. The Morgan fingerprint density at radius 3 is 2.89 bits per heavy atom. The lowest BCUT2D eigenvalue weighted by Crippen LogP contribution is -2.39. The second kappa shape index (κ2) is 5.58. The van der Waals surface area contributed by atoms with Gasteiger partial charge in [-0.3, -0.25) is 14.5 Å². The van der Waals surface area contributed by atoms with Crippen LogP contribution in [0.4, 0.5) is 0 Å². The fourth-order valence-corrected chi connectivity index (χ4v) is 2.82. The molecule has 2 rings (SSSR count). The molecule has 2 heterocycles. The molecule has 5 nitrogen and oxygen atoms in total. The molecule has 1 fully saturated rings. The van der Waals surface area contributed by atoms with E-state index in [1.54, 1.807) is 11.3 Å². The number of aromatic nitrogens is 1. The number of amides is 2. The van der Waals surface area contributed by atoms with E-state index in [4.69, 9.17) is 0 Å². The molecule has 0 aromatic carbocycles. The maximum atomic E-state index is 11.8. The average molecular weight is 267 g/mol. The summed E-state index contributed by atoms with van der Waals surface area (Å²) in [4.78, 5) is 29.0. The van der Waals surface area contributed by atoms with Crippen LogP contribution in [0.1, 0.15) is 24.0 Å². The van der Waals surface area contributed by atoms with Gasteiger partial charge in [0.2, 0.25) is 11.8 Å². The monoisotopic (exact) mass is 267 g/mol. The summed E-state index contributed by atoms with van der Waals surface area (Å²) >= 11 is 1.63. The van der Waals surface area contributed by atoms with Crippen LogP contribution in [0.25, 0.3) is 0 Å². The highest BCUT2D eigenvalue weighted by atomic mass is 32.1. The maximum Gasteiger partial charge on any atom is 0.246 e. The number of imide groups is 1. The Morgan fingerprint density at radius 2 is 2.33 bits per heavy atom. The molecule has 18 heavy (non-hydrogen) atoms. The molecule has 1 N–H and O–H groups in total. The molecule has 1 aliphatic heterocycles. The lowest BCUT2D eigenvalue weighted by Gasteiger charge is -2.12. The Labute approximate surface area is 110 Å². The van der Waals surface area contributed by atoms with E-state index in [0.29, 0.717) is 13.1 Å². The van der Waals surface area contributed by atoms with E-state index in [1.165, 1.54) is 4.90 Å². The normalized spacial score (nSPS) is 19.9. The molecule has 2 amide bonds. The number of nitrogens with one attached hydrogen (secondary N) is 1. The number of hydrogen-bond acceptors (Lipinski definition) is 5. The van der Waals surface area contributed by atoms with Gasteiger partial charge in [0.25, 0.3) is 0 Å². The van der Waals surface area contributed by atoms with Crippen LogP contribution in [0.15, 0.2) is 5.38 Å². The maximum absolute atomic E-state index is 11.8. The average Bonchev–Trinajstić information content (AvgIpc) is 2.85. The number of carbonyl (C=O) groups is 2. The van der Waals surface area contributed by atoms with Gasteiger partial charge in [0, 0.05) is 30.6 Å². The Balaban J connectivity index is 1.81. The molecule has 0 bridgehead atoms. The Kier molecular flexibility index (Phi) is 4.08. The minimum absolute atomic E-state index is 0.0786. The van der Waals surface area contributed by atoms with Crippen LogP contribution in [-0.2, 0) is 16.0 Å². The van der Waals surface area contributed by atoms with Crippen LogP contribution in [-0.4, -0.2) is 40.8 Å². The van der Waals surface area contributed by atoms with E-state index in [1.807, 2.05) is 19.2 Å². The van der Waals surface area contributed by atoms with Crippen molar-refractivity contribution >= 4 is 23.2 Å². The SMILES string of the molecule is CCN1C(=O)CC(NCCc2nc(C)cs2)C1=O. The Hall–Kier alpha value is -1.27. The number of nitrogens with zero attached hydrogens (tertiary/aromatic N) is 2. The van der Waals surface area contributed by atoms with Crippen LogP contribution in [0.3, 0.4) is 0 Å². The first-order chi connectivity index (χ1) is 8.61. The van der Waals surface area contributed by atoms with E-state index >= 15 is 0 Å². The van der Waals surface area contributed by atoms with Crippen molar-refractivity contribution in [3.05, 3.63) is 16.1 Å². The molecule has 1 atom stereocenters. The molecule has 6 heteroatoms. The van der Waals surface area contributed by atoms with Gasteiger partial charge in [-0.15, -0.1) is 11.3 Å². The summed E-state index contributed by atoms with van der Waals surface area (Å²) in [6.07, 6.45) is 1.08. The highest BCUT2D eigenvalue weighted by molar-refractivity contribution is 7.09. The molecule has 1 aromatic heterocycles. The standard InChI is InChI=1S/C12H17N3O2S/c1-3-15-11(16)6-9(12(15)17)13-5-4-10-14-8(2)7-18-10/h7,9,13H,3-6H2,1-2H3. The Bertz CT molecular complexity index is 458. The minimum Gasteiger partial charge on any atom is -0.305 e. The quantitative estimate of drug-likeness (QED) is 0.799. The molecule has 98 valence electrons. The summed E-state index contributed by atoms with van der Waals surface area (Å²) in [5.74, 6) is -0.178. The van der Waals surface area contributed by atoms with Gasteiger partial charge >= 0.3 is 0 Å². The second-order valence-electron chi connectivity index (χ2n) is 4.32. The molecule has 1 aliphatic rings. The van der Waals surface area contributed by atoms with E-state index < -0.39 is 0 Å². The summed E-state index contributed by atoms with van der Waals surface area (Å²) in [5, 5.41) is 6.21. The van der Waals surface area contributed by atoms with Crippen molar-refractivity contribution in [2.75, 3.05) is 13.1 Å². The molecule has 0 radical (unpaired) electrons. The summed E-state index contributed by atoms with van der Waals surface area (Å²) in [5.41, 5.74) is 1.03. The van der Waals surface area contributed by atoms with Crippen LogP contribution >= 0.6 is 11.3 Å². The van der Waals surface area contributed by atoms with Crippen molar-refractivity contribution in [2.24, 2.45) is 0 Å². The van der Waals surface area contributed by atoms with Gasteiger partial charge in [0.15, 0.2) is 0 Å². The third-order valence-corrected chi connectivity index (χ3v) is 3.98. The van der Waals surface area contributed by atoms with Gasteiger partial charge in [0.1, 0.15) is 0 Å². The smallest absolute Gasteiger partial charge is 0.246 e. The molecule has 1 unspecified atom stereocenters. The number of likely N-dealkylation sites (tertiary alicyclic amines) is 1. The van der Waals surface area contributed by atoms with E-state index in [2.05, 4.69) is 10.3 Å². The first kappa shape index (κ1) is 13.2. The third-order valence-electron chi connectivity index (χ3n) is 2.96. The molecule has 0 spiro atoms. The number of hydrogen-bond donors (Lipinski definition) is 1. The van der Waals surface area contributed by atoms with Gasteiger partial charge in [0.05, 0.1) is 17.5 Å². The number of aryl methyl sites for hydroxylation is 1.